The molecule has 0 aliphatic rings. The summed E-state index contributed by atoms with van der Waals surface area (Å²) in [6, 6.07) is 8.95. The molecular weight excluding hydrogens is 339 g/mol. The maximum atomic E-state index is 9.14. The first-order valence-electron chi connectivity index (χ1n) is 10.2. The molecule has 0 aliphatic heterocycles. The van der Waals surface area contributed by atoms with Crippen molar-refractivity contribution in [2.75, 3.05) is 0 Å². The van der Waals surface area contributed by atoms with Crippen molar-refractivity contribution in [3.05, 3.63) is 47.7 Å². The van der Waals surface area contributed by atoms with E-state index in [4.69, 9.17) is 5.48 Å². The summed E-state index contributed by atoms with van der Waals surface area (Å²) in [5.74, 6) is 6.22. The zero-order valence-corrected chi connectivity index (χ0v) is 17.5. The fraction of sp³-hybridized carbons (Fsp3) is 0.476. The second-order valence-electron chi connectivity index (χ2n) is 8.32. The van der Waals surface area contributed by atoms with Crippen LogP contribution in [0.15, 0.2) is 36.5 Å². The fourth-order valence-corrected chi connectivity index (χ4v) is 5.75. The van der Waals surface area contributed by atoms with Crippen molar-refractivity contribution >= 4 is 17.7 Å². The van der Waals surface area contributed by atoms with E-state index < -0.39 is 26.0 Å². The summed E-state index contributed by atoms with van der Waals surface area (Å²) in [5.41, 5.74) is 2.82. The topological polar surface area (TPSA) is 12.9 Å². The van der Waals surface area contributed by atoms with E-state index in [0.717, 1.165) is 16.8 Å². The number of aryl methyl sites for hydroxylation is 1. The van der Waals surface area contributed by atoms with Crippen LogP contribution in [-0.2, 0) is 0 Å². The molecule has 0 N–H and O–H groups in total. The van der Waals surface area contributed by atoms with Crippen LogP contribution < -0.4 is 4.40 Å². The molecule has 23 heavy (non-hydrogen) atoms. The number of pyridine rings is 1. The molecule has 0 fully saturated rings. The number of hydrogen-bond acceptors (Lipinski definition) is 1. The maximum absolute atomic E-state index is 9.14. The molecule has 2 aromatic rings. The first-order chi connectivity index (χ1) is 12.0. The average molecular weight is 374 g/mol. The van der Waals surface area contributed by atoms with Crippen molar-refractivity contribution in [3.63, 3.8) is 0 Å². The van der Waals surface area contributed by atoms with E-state index in [0.29, 0.717) is 5.56 Å². The van der Waals surface area contributed by atoms with Gasteiger partial charge in [0, 0.05) is 0 Å². The van der Waals surface area contributed by atoms with Crippen LogP contribution in [0.2, 0.25) is 17.3 Å². The van der Waals surface area contributed by atoms with Gasteiger partial charge in [0.15, 0.2) is 0 Å². The van der Waals surface area contributed by atoms with Crippen LogP contribution in [0.1, 0.15) is 50.2 Å². The molecule has 0 aliphatic carbocycles. The van der Waals surface area contributed by atoms with E-state index >= 15 is 0 Å². The predicted octanol–water partition coefficient (Wildman–Crippen LogP) is 5.75. The molecule has 0 saturated carbocycles. The Kier molecular flexibility index (Phi) is 3.70. The summed E-state index contributed by atoms with van der Waals surface area (Å²) in [6.07, 6.45) is 1.96. The molecule has 0 radical (unpaired) electrons. The van der Waals surface area contributed by atoms with Gasteiger partial charge in [0.1, 0.15) is 0 Å². The first kappa shape index (κ1) is 13.2. The van der Waals surface area contributed by atoms with Crippen LogP contribution in [0.4, 0.5) is 0 Å². The fourth-order valence-electron chi connectivity index (χ4n) is 2.57. The van der Waals surface area contributed by atoms with Crippen molar-refractivity contribution in [3.8, 4) is 11.3 Å². The minimum absolute atomic E-state index is 0.223. The van der Waals surface area contributed by atoms with Crippen LogP contribution in [0.5, 0.6) is 0 Å². The van der Waals surface area contributed by atoms with Gasteiger partial charge in [-0.25, -0.2) is 0 Å². The Morgan fingerprint density at radius 3 is 2.22 bits per heavy atom. The number of aromatic nitrogens is 1. The third-order valence-electron chi connectivity index (χ3n) is 4.42. The molecule has 0 amide bonds. The Bertz CT molecular complexity index is 810. The van der Waals surface area contributed by atoms with Gasteiger partial charge in [0.05, 0.1) is 0 Å². The quantitative estimate of drug-likeness (QED) is 0.624. The molecule has 1 aromatic heterocycles. The minimum atomic E-state index is -2.23. The van der Waals surface area contributed by atoms with Crippen LogP contribution >= 0.6 is 0 Å². The summed E-state index contributed by atoms with van der Waals surface area (Å²) in [6.45, 7) is 6.19. The number of rotatable bonds is 3. The first-order valence-corrected chi connectivity index (χ1v) is 15.5. The van der Waals surface area contributed by atoms with Gasteiger partial charge >= 0.3 is 150 Å². The van der Waals surface area contributed by atoms with Gasteiger partial charge in [0.25, 0.3) is 0 Å². The Labute approximate surface area is 150 Å². The predicted molar refractivity (Wildman–Crippen MR) is 105 cm³/mol. The van der Waals surface area contributed by atoms with E-state index in [1.807, 2.05) is 25.3 Å². The van der Waals surface area contributed by atoms with E-state index in [9.17, 15) is 0 Å². The standard InChI is InChI=1S/C21H31GeN/c1-15-9-11-17(12-10-15)20-13-18(16(2)21(3,4)5)19(14-23-20)22(6,7)8/h9-14,16H,1-8H3/i1D3,16D. The van der Waals surface area contributed by atoms with Crippen molar-refractivity contribution in [2.24, 2.45) is 5.41 Å². The van der Waals surface area contributed by atoms with Gasteiger partial charge in [-0.2, -0.15) is 0 Å². The Morgan fingerprint density at radius 1 is 1.13 bits per heavy atom. The van der Waals surface area contributed by atoms with Gasteiger partial charge in [-0.1, -0.05) is 0 Å². The molecule has 1 heterocycles. The number of nitrogens with zero attached hydrogens (tertiary/aromatic N) is 1. The Morgan fingerprint density at radius 2 is 1.74 bits per heavy atom. The zero-order valence-electron chi connectivity index (χ0n) is 19.4. The number of hydrogen-bond donors (Lipinski definition) is 0. The van der Waals surface area contributed by atoms with Crippen molar-refractivity contribution in [2.45, 2.75) is 57.7 Å². The third kappa shape index (κ3) is 4.26. The molecule has 2 heteroatoms. The zero-order chi connectivity index (χ0) is 20.8. The Hall–Kier alpha value is -1.09. The van der Waals surface area contributed by atoms with Gasteiger partial charge in [-0.05, 0) is 0 Å². The summed E-state index contributed by atoms with van der Waals surface area (Å²) in [7, 11) is 0. The molecule has 0 spiro atoms. The SMILES string of the molecule is [2H]C([2H])([2H])c1ccc(-c2cc(C([2H])(C)C(C)(C)C)[c]([Ge]([CH3])([CH3])[CH3])cn2)cc1. The van der Waals surface area contributed by atoms with Crippen molar-refractivity contribution in [1.82, 2.24) is 4.98 Å². The molecule has 1 unspecified atom stereocenters. The van der Waals surface area contributed by atoms with E-state index in [-0.39, 0.29) is 5.41 Å². The molecule has 124 valence electrons. The number of benzene rings is 1. The van der Waals surface area contributed by atoms with E-state index in [2.05, 4.69) is 49.1 Å². The van der Waals surface area contributed by atoms with Crippen LogP contribution in [0.3, 0.4) is 0 Å². The summed E-state index contributed by atoms with van der Waals surface area (Å²) >= 11 is -2.23. The van der Waals surface area contributed by atoms with Crippen molar-refractivity contribution in [1.29, 1.82) is 0 Å². The summed E-state index contributed by atoms with van der Waals surface area (Å²) in [4.78, 5) is 4.69. The second kappa shape index (κ2) is 6.43. The second-order valence-corrected chi connectivity index (χ2v) is 18.9. The van der Waals surface area contributed by atoms with Crippen molar-refractivity contribution < 1.29 is 5.48 Å². The molecule has 0 bridgehead atoms. The van der Waals surface area contributed by atoms with Crippen LogP contribution in [0.25, 0.3) is 11.3 Å². The molecule has 0 saturated heterocycles. The molecule has 1 atom stereocenters. The van der Waals surface area contributed by atoms with E-state index in [1.54, 1.807) is 12.1 Å². The summed E-state index contributed by atoms with van der Waals surface area (Å²) in [5, 5.41) is 0. The van der Waals surface area contributed by atoms with Gasteiger partial charge in [0.2, 0.25) is 0 Å². The molecule has 1 aromatic carbocycles. The average Bonchev–Trinajstić information content (AvgIpc) is 2.51. The third-order valence-corrected chi connectivity index (χ3v) is 8.65. The van der Waals surface area contributed by atoms with E-state index in [1.165, 1.54) is 4.40 Å². The molecular formula is C21H31GeN. The normalized spacial score (nSPS) is 18.4. The summed E-state index contributed by atoms with van der Waals surface area (Å²) < 4.78 is 33.0. The monoisotopic (exact) mass is 375 g/mol. The van der Waals surface area contributed by atoms with Gasteiger partial charge in [-0.3, -0.25) is 0 Å². The van der Waals surface area contributed by atoms with Gasteiger partial charge < -0.3 is 0 Å². The molecule has 1 nitrogen and oxygen atoms in total. The van der Waals surface area contributed by atoms with Crippen LogP contribution in [0, 0.1) is 12.3 Å². The Balaban J connectivity index is 2.63. The van der Waals surface area contributed by atoms with Gasteiger partial charge in [-0.15, -0.1) is 0 Å². The van der Waals surface area contributed by atoms with Crippen LogP contribution in [-0.4, -0.2) is 18.3 Å². The molecule has 2 rings (SSSR count).